The molecule has 0 aliphatic heterocycles. The molecule has 0 bridgehead atoms. The van der Waals surface area contributed by atoms with Gasteiger partial charge in [0.2, 0.25) is 0 Å². The lowest BCUT2D eigenvalue weighted by Crippen LogP contribution is -2.31. The first kappa shape index (κ1) is 17.0. The van der Waals surface area contributed by atoms with Crippen LogP contribution in [0, 0.1) is 17.3 Å². The van der Waals surface area contributed by atoms with E-state index in [9.17, 15) is 9.59 Å². The second-order valence-corrected chi connectivity index (χ2v) is 6.55. The fourth-order valence-electron chi connectivity index (χ4n) is 2.91. The topological polar surface area (TPSA) is 52.6 Å². The quantitative estimate of drug-likeness (QED) is 0.554. The highest BCUT2D eigenvalue weighted by Gasteiger charge is 2.34. The van der Waals surface area contributed by atoms with Crippen LogP contribution < -0.4 is 0 Å². The molecule has 1 rings (SSSR count). The molecule has 0 aromatic heterocycles. The molecule has 4 heteroatoms. The summed E-state index contributed by atoms with van der Waals surface area (Å²) < 4.78 is 10.1. The molecule has 1 aliphatic carbocycles. The van der Waals surface area contributed by atoms with E-state index in [4.69, 9.17) is 9.47 Å². The van der Waals surface area contributed by atoms with Crippen molar-refractivity contribution in [3.05, 3.63) is 0 Å². The largest absolute Gasteiger partial charge is 0.462 e. The van der Waals surface area contributed by atoms with Gasteiger partial charge in [0, 0.05) is 6.42 Å². The van der Waals surface area contributed by atoms with Gasteiger partial charge >= 0.3 is 11.9 Å². The van der Waals surface area contributed by atoms with Crippen LogP contribution in [0.3, 0.4) is 0 Å². The first-order chi connectivity index (χ1) is 9.35. The van der Waals surface area contributed by atoms with Gasteiger partial charge in [0.1, 0.15) is 13.2 Å². The van der Waals surface area contributed by atoms with Crippen molar-refractivity contribution in [2.24, 2.45) is 17.3 Å². The highest BCUT2D eigenvalue weighted by Crippen LogP contribution is 2.41. The Kier molecular flexibility index (Phi) is 6.50. The van der Waals surface area contributed by atoms with Gasteiger partial charge < -0.3 is 9.47 Å². The van der Waals surface area contributed by atoms with Crippen molar-refractivity contribution >= 4 is 11.9 Å². The number of hydrogen-bond acceptors (Lipinski definition) is 4. The van der Waals surface area contributed by atoms with E-state index >= 15 is 0 Å². The number of esters is 2. The summed E-state index contributed by atoms with van der Waals surface area (Å²) >= 11 is 0. The number of ether oxygens (including phenoxy) is 2. The van der Waals surface area contributed by atoms with Crippen LogP contribution in [0.5, 0.6) is 0 Å². The van der Waals surface area contributed by atoms with Crippen LogP contribution >= 0.6 is 0 Å². The van der Waals surface area contributed by atoms with E-state index in [1.54, 1.807) is 6.92 Å². The molecule has 0 amide bonds. The minimum atomic E-state index is -0.261. The zero-order chi connectivity index (χ0) is 15.2. The molecular weight excluding hydrogens is 256 g/mol. The third-order valence-electron chi connectivity index (χ3n) is 4.20. The van der Waals surface area contributed by atoms with Gasteiger partial charge in [-0.3, -0.25) is 9.59 Å². The molecule has 20 heavy (non-hydrogen) atoms. The van der Waals surface area contributed by atoms with Crippen LogP contribution in [0.2, 0.25) is 0 Å². The fourth-order valence-corrected chi connectivity index (χ4v) is 2.91. The van der Waals surface area contributed by atoms with Crippen LogP contribution in [-0.4, -0.2) is 25.2 Å². The van der Waals surface area contributed by atoms with Crippen molar-refractivity contribution in [2.45, 2.75) is 59.8 Å². The lowest BCUT2D eigenvalue weighted by Gasteiger charge is -2.37. The monoisotopic (exact) mass is 284 g/mol. The maximum absolute atomic E-state index is 12.0. The predicted molar refractivity (Wildman–Crippen MR) is 77.1 cm³/mol. The zero-order valence-corrected chi connectivity index (χ0v) is 13.2. The second-order valence-electron chi connectivity index (χ2n) is 6.55. The summed E-state index contributed by atoms with van der Waals surface area (Å²) in [5.41, 5.74) is 0.327. The maximum Gasteiger partial charge on any atom is 0.309 e. The molecule has 1 unspecified atom stereocenters. The normalized spacial score (nSPS) is 22.9. The molecular formula is C16H28O4. The summed E-state index contributed by atoms with van der Waals surface area (Å²) in [6.45, 7) is 8.53. The molecule has 0 N–H and O–H groups in total. The van der Waals surface area contributed by atoms with Gasteiger partial charge in [0.05, 0.1) is 5.92 Å². The molecule has 1 fully saturated rings. The van der Waals surface area contributed by atoms with Crippen molar-refractivity contribution in [1.82, 2.24) is 0 Å². The molecule has 2 atom stereocenters. The minimum Gasteiger partial charge on any atom is -0.462 e. The van der Waals surface area contributed by atoms with E-state index in [-0.39, 0.29) is 31.1 Å². The molecule has 116 valence electrons. The molecule has 0 aromatic carbocycles. The van der Waals surface area contributed by atoms with Crippen LogP contribution in [0.1, 0.15) is 59.8 Å². The minimum absolute atomic E-state index is 0.0727. The van der Waals surface area contributed by atoms with Gasteiger partial charge in [0.25, 0.3) is 0 Å². The molecule has 4 nitrogen and oxygen atoms in total. The standard InChI is InChI=1S/C16H28O4/c1-5-14(17)19-9-10-20-15(18)12(2)13-7-6-8-16(3,4)11-13/h12-13H,5-11H2,1-4H3/t12-,13?/m1/s1. The van der Waals surface area contributed by atoms with Crippen LogP contribution in [-0.2, 0) is 19.1 Å². The summed E-state index contributed by atoms with van der Waals surface area (Å²) in [6, 6.07) is 0. The Morgan fingerprint density at radius 3 is 2.50 bits per heavy atom. The van der Waals surface area contributed by atoms with Gasteiger partial charge in [0.15, 0.2) is 0 Å². The summed E-state index contributed by atoms with van der Waals surface area (Å²) in [6.07, 6.45) is 4.95. The molecule has 0 heterocycles. The lowest BCUT2D eigenvalue weighted by molar-refractivity contribution is -0.156. The van der Waals surface area contributed by atoms with Gasteiger partial charge in [-0.15, -0.1) is 0 Å². The van der Waals surface area contributed by atoms with Gasteiger partial charge in [-0.05, 0) is 30.6 Å². The van der Waals surface area contributed by atoms with E-state index in [2.05, 4.69) is 13.8 Å². The average Bonchev–Trinajstić information content (AvgIpc) is 2.41. The highest BCUT2D eigenvalue weighted by molar-refractivity contribution is 5.72. The number of carbonyl (C=O) groups is 2. The molecule has 1 saturated carbocycles. The highest BCUT2D eigenvalue weighted by atomic mass is 16.6. The number of rotatable bonds is 6. The van der Waals surface area contributed by atoms with E-state index in [0.29, 0.717) is 17.8 Å². The smallest absolute Gasteiger partial charge is 0.309 e. The Labute approximate surface area is 122 Å². The third kappa shape index (κ3) is 5.51. The molecule has 0 radical (unpaired) electrons. The summed E-state index contributed by atoms with van der Waals surface area (Å²) in [7, 11) is 0. The van der Waals surface area contributed by atoms with Crippen molar-refractivity contribution in [2.75, 3.05) is 13.2 Å². The van der Waals surface area contributed by atoms with Crippen molar-refractivity contribution < 1.29 is 19.1 Å². The van der Waals surface area contributed by atoms with E-state index in [1.807, 2.05) is 6.92 Å². The first-order valence-corrected chi connectivity index (χ1v) is 7.68. The Morgan fingerprint density at radius 2 is 1.90 bits per heavy atom. The number of hydrogen-bond donors (Lipinski definition) is 0. The van der Waals surface area contributed by atoms with E-state index in [1.165, 1.54) is 12.8 Å². The van der Waals surface area contributed by atoms with E-state index in [0.717, 1.165) is 12.8 Å². The van der Waals surface area contributed by atoms with Crippen molar-refractivity contribution in [3.8, 4) is 0 Å². The van der Waals surface area contributed by atoms with Gasteiger partial charge in [-0.25, -0.2) is 0 Å². The molecule has 0 saturated heterocycles. The van der Waals surface area contributed by atoms with Gasteiger partial charge in [-0.2, -0.15) is 0 Å². The van der Waals surface area contributed by atoms with Crippen molar-refractivity contribution in [1.29, 1.82) is 0 Å². The predicted octanol–water partition coefficient (Wildman–Crippen LogP) is 3.34. The average molecular weight is 284 g/mol. The lowest BCUT2D eigenvalue weighted by atomic mass is 9.68. The molecule has 0 aromatic rings. The molecule has 1 aliphatic rings. The Balaban J connectivity index is 2.30. The summed E-state index contributed by atoms with van der Waals surface area (Å²) in [5, 5.41) is 0. The Morgan fingerprint density at radius 1 is 1.25 bits per heavy atom. The Bertz CT molecular complexity index is 335. The van der Waals surface area contributed by atoms with Crippen LogP contribution in [0.25, 0.3) is 0 Å². The summed E-state index contributed by atoms with van der Waals surface area (Å²) in [5.74, 6) is -0.0933. The van der Waals surface area contributed by atoms with Gasteiger partial charge in [-0.1, -0.05) is 34.1 Å². The number of carbonyl (C=O) groups excluding carboxylic acids is 2. The van der Waals surface area contributed by atoms with E-state index < -0.39 is 0 Å². The SMILES string of the molecule is CCC(=O)OCCOC(=O)[C@H](C)C1CCCC(C)(C)C1. The van der Waals surface area contributed by atoms with Crippen molar-refractivity contribution in [3.63, 3.8) is 0 Å². The van der Waals surface area contributed by atoms with Crippen LogP contribution in [0.15, 0.2) is 0 Å². The maximum atomic E-state index is 12.0. The second kappa shape index (κ2) is 7.65. The fraction of sp³-hybridized carbons (Fsp3) is 0.875. The zero-order valence-electron chi connectivity index (χ0n) is 13.2. The third-order valence-corrected chi connectivity index (χ3v) is 4.20. The van der Waals surface area contributed by atoms with Crippen LogP contribution in [0.4, 0.5) is 0 Å². The first-order valence-electron chi connectivity index (χ1n) is 7.68. The Hall–Kier alpha value is -1.06. The molecule has 0 spiro atoms. The summed E-state index contributed by atoms with van der Waals surface area (Å²) in [4.78, 5) is 23.0.